The summed E-state index contributed by atoms with van der Waals surface area (Å²) >= 11 is 0. The number of hydrogen-bond donors (Lipinski definition) is 4. The van der Waals surface area contributed by atoms with Gasteiger partial charge in [0.05, 0.1) is 17.1 Å². The molecule has 0 aliphatic carbocycles. The van der Waals surface area contributed by atoms with Gasteiger partial charge in [-0.05, 0) is 59.7 Å². The summed E-state index contributed by atoms with van der Waals surface area (Å²) in [5.41, 5.74) is 6.69. The normalized spacial score (nSPS) is 22.0. The maximum atomic E-state index is 14.8. The smallest absolute Gasteiger partial charge is 0.248 e. The van der Waals surface area contributed by atoms with Gasteiger partial charge in [-0.25, -0.2) is 4.39 Å². The van der Waals surface area contributed by atoms with E-state index in [9.17, 15) is 18.8 Å². The Balaban J connectivity index is 1.56. The van der Waals surface area contributed by atoms with E-state index in [1.54, 1.807) is 12.1 Å². The minimum absolute atomic E-state index is 0.0374. The minimum Gasteiger partial charge on any atom is -0.366 e. The summed E-state index contributed by atoms with van der Waals surface area (Å²) in [6.45, 7) is 6.46. The molecule has 2 unspecified atom stereocenters. The maximum absolute atomic E-state index is 14.8. The van der Waals surface area contributed by atoms with Gasteiger partial charge in [0.25, 0.3) is 0 Å². The third-order valence-electron chi connectivity index (χ3n) is 6.03. The quantitative estimate of drug-likeness (QED) is 0.588. The van der Waals surface area contributed by atoms with Gasteiger partial charge in [-0.15, -0.1) is 0 Å². The van der Waals surface area contributed by atoms with E-state index in [1.165, 1.54) is 18.2 Å². The molecule has 4 rings (SSSR count). The molecule has 0 radical (unpaired) electrons. The standard InChI is InChI=1S/C24H27FN4O3/c1-23(2,3)10-13-8-16-19(17(25)9-13)29-22(32)24(16)11-18(27-12-24)21(31)28-15-6-4-14(5-7-15)20(26)30/h4-9,18,27H,10-12H2,1-3H3,(H2,26,30)(H,28,31)(H,29,32). The van der Waals surface area contributed by atoms with Gasteiger partial charge in [0.15, 0.2) is 0 Å². The van der Waals surface area contributed by atoms with Crippen molar-refractivity contribution in [3.05, 3.63) is 58.9 Å². The number of anilines is 2. The third kappa shape index (κ3) is 3.98. The first kappa shape index (κ1) is 22.0. The summed E-state index contributed by atoms with van der Waals surface area (Å²) < 4.78 is 14.8. The van der Waals surface area contributed by atoms with Gasteiger partial charge >= 0.3 is 0 Å². The van der Waals surface area contributed by atoms with E-state index >= 15 is 0 Å². The van der Waals surface area contributed by atoms with Crippen molar-refractivity contribution in [2.75, 3.05) is 17.2 Å². The predicted octanol–water partition coefficient (Wildman–Crippen LogP) is 2.70. The molecule has 2 atom stereocenters. The fourth-order valence-corrected chi connectivity index (χ4v) is 4.54. The zero-order chi connectivity index (χ0) is 23.3. The van der Waals surface area contributed by atoms with E-state index in [0.29, 0.717) is 23.2 Å². The van der Waals surface area contributed by atoms with Crippen LogP contribution in [0.3, 0.4) is 0 Å². The van der Waals surface area contributed by atoms with Crippen molar-refractivity contribution < 1.29 is 18.8 Å². The van der Waals surface area contributed by atoms with Crippen molar-refractivity contribution in [2.45, 2.75) is 45.1 Å². The number of hydrogen-bond acceptors (Lipinski definition) is 4. The number of halogens is 1. The van der Waals surface area contributed by atoms with Crippen LogP contribution >= 0.6 is 0 Å². The van der Waals surface area contributed by atoms with Crippen molar-refractivity contribution in [1.82, 2.24) is 5.32 Å². The molecule has 168 valence electrons. The zero-order valence-electron chi connectivity index (χ0n) is 18.3. The van der Waals surface area contributed by atoms with E-state index in [-0.39, 0.29) is 35.9 Å². The lowest BCUT2D eigenvalue weighted by atomic mass is 9.77. The number of amides is 3. The molecule has 2 aromatic rings. The summed E-state index contributed by atoms with van der Waals surface area (Å²) in [5.74, 6) is -1.60. The lowest BCUT2D eigenvalue weighted by Crippen LogP contribution is -2.36. The monoisotopic (exact) mass is 438 g/mol. The summed E-state index contributed by atoms with van der Waals surface area (Å²) in [6.07, 6.45) is 0.884. The topological polar surface area (TPSA) is 113 Å². The Morgan fingerprint density at radius 2 is 1.91 bits per heavy atom. The molecule has 1 fully saturated rings. The van der Waals surface area contributed by atoms with E-state index < -0.39 is 23.2 Å². The Kier molecular flexibility index (Phi) is 5.29. The molecule has 1 saturated heterocycles. The van der Waals surface area contributed by atoms with Gasteiger partial charge in [0, 0.05) is 17.8 Å². The van der Waals surface area contributed by atoms with Crippen LogP contribution in [0.25, 0.3) is 0 Å². The molecule has 8 heteroatoms. The van der Waals surface area contributed by atoms with Gasteiger partial charge in [-0.3, -0.25) is 14.4 Å². The van der Waals surface area contributed by atoms with Crippen LogP contribution in [0.15, 0.2) is 36.4 Å². The first-order chi connectivity index (χ1) is 15.0. The second kappa shape index (κ2) is 7.70. The molecule has 0 bridgehead atoms. The summed E-state index contributed by atoms with van der Waals surface area (Å²) in [5, 5.41) is 8.60. The molecule has 1 spiro atoms. The number of primary amides is 1. The Morgan fingerprint density at radius 1 is 1.22 bits per heavy atom. The summed E-state index contributed by atoms with van der Waals surface area (Å²) in [6, 6.07) is 8.99. The molecule has 3 amide bonds. The first-order valence-electron chi connectivity index (χ1n) is 10.6. The molecular weight excluding hydrogens is 411 g/mol. The van der Waals surface area contributed by atoms with Crippen LogP contribution < -0.4 is 21.7 Å². The van der Waals surface area contributed by atoms with Crippen LogP contribution in [-0.4, -0.2) is 30.3 Å². The van der Waals surface area contributed by atoms with E-state index in [1.807, 2.05) is 6.07 Å². The lowest BCUT2D eigenvalue weighted by Gasteiger charge is -2.23. The van der Waals surface area contributed by atoms with Gasteiger partial charge in [0.2, 0.25) is 17.7 Å². The highest BCUT2D eigenvalue weighted by Gasteiger charge is 2.53. The van der Waals surface area contributed by atoms with Crippen LogP contribution in [0, 0.1) is 11.2 Å². The molecule has 5 N–H and O–H groups in total. The number of rotatable bonds is 4. The molecule has 2 aliphatic rings. The Morgan fingerprint density at radius 3 is 2.53 bits per heavy atom. The number of nitrogens with two attached hydrogens (primary N) is 1. The fraction of sp³-hybridized carbons (Fsp3) is 0.375. The Bertz CT molecular complexity index is 1110. The van der Waals surface area contributed by atoms with E-state index in [2.05, 4.69) is 36.7 Å². The average molecular weight is 439 g/mol. The third-order valence-corrected chi connectivity index (χ3v) is 6.03. The Labute approximate surface area is 185 Å². The second-order valence-corrected chi connectivity index (χ2v) is 9.84. The second-order valence-electron chi connectivity index (χ2n) is 9.84. The van der Waals surface area contributed by atoms with Crippen molar-refractivity contribution in [1.29, 1.82) is 0 Å². The van der Waals surface area contributed by atoms with Gasteiger partial charge < -0.3 is 21.7 Å². The minimum atomic E-state index is -0.998. The highest BCUT2D eigenvalue weighted by Crippen LogP contribution is 2.45. The predicted molar refractivity (Wildman–Crippen MR) is 120 cm³/mol. The largest absolute Gasteiger partial charge is 0.366 e. The van der Waals surface area contributed by atoms with Crippen LogP contribution in [0.2, 0.25) is 0 Å². The van der Waals surface area contributed by atoms with Crippen LogP contribution in [0.4, 0.5) is 15.8 Å². The molecule has 0 aromatic heterocycles. The van der Waals surface area contributed by atoms with E-state index in [4.69, 9.17) is 5.73 Å². The van der Waals surface area contributed by atoms with Gasteiger partial charge in [-0.2, -0.15) is 0 Å². The highest BCUT2D eigenvalue weighted by atomic mass is 19.1. The molecule has 0 saturated carbocycles. The number of fused-ring (bicyclic) bond motifs is 2. The van der Waals surface area contributed by atoms with Crippen LogP contribution in [0.5, 0.6) is 0 Å². The average Bonchev–Trinajstić information content (AvgIpc) is 3.26. The fourth-order valence-electron chi connectivity index (χ4n) is 4.54. The van der Waals surface area contributed by atoms with Crippen LogP contribution in [-0.2, 0) is 21.4 Å². The van der Waals surface area contributed by atoms with Gasteiger partial charge in [0.1, 0.15) is 5.82 Å². The molecule has 32 heavy (non-hydrogen) atoms. The highest BCUT2D eigenvalue weighted by molar-refractivity contribution is 6.08. The lowest BCUT2D eigenvalue weighted by molar-refractivity contribution is -0.120. The number of benzene rings is 2. The van der Waals surface area contributed by atoms with Crippen molar-refractivity contribution in [3.8, 4) is 0 Å². The SMILES string of the molecule is CC(C)(C)Cc1cc(F)c2c(c1)C1(CNC(C(=O)Nc3ccc(C(N)=O)cc3)C1)C(=O)N2. The number of carbonyl (C=O) groups excluding carboxylic acids is 3. The number of carbonyl (C=O) groups is 3. The number of nitrogens with one attached hydrogen (secondary N) is 3. The van der Waals surface area contributed by atoms with Crippen molar-refractivity contribution in [3.63, 3.8) is 0 Å². The van der Waals surface area contributed by atoms with Crippen LogP contribution in [0.1, 0.15) is 48.7 Å². The first-order valence-corrected chi connectivity index (χ1v) is 10.6. The van der Waals surface area contributed by atoms with Gasteiger partial charge in [-0.1, -0.05) is 26.8 Å². The summed E-state index contributed by atoms with van der Waals surface area (Å²) in [4.78, 5) is 37.0. The molecule has 7 nitrogen and oxygen atoms in total. The zero-order valence-corrected chi connectivity index (χ0v) is 18.3. The molecular formula is C24H27FN4O3. The van der Waals surface area contributed by atoms with Crippen molar-refractivity contribution >= 4 is 29.1 Å². The molecule has 2 aliphatic heterocycles. The Hall–Kier alpha value is -3.26. The maximum Gasteiger partial charge on any atom is 0.248 e. The van der Waals surface area contributed by atoms with Crippen molar-refractivity contribution in [2.24, 2.45) is 11.1 Å². The molecule has 2 heterocycles. The summed E-state index contributed by atoms with van der Waals surface area (Å²) in [7, 11) is 0. The molecule has 2 aromatic carbocycles. The van der Waals surface area contributed by atoms with E-state index in [0.717, 1.165) is 5.56 Å².